The highest BCUT2D eigenvalue weighted by Gasteiger charge is 2.39. The summed E-state index contributed by atoms with van der Waals surface area (Å²) in [7, 11) is 0. The lowest BCUT2D eigenvalue weighted by Gasteiger charge is -2.26. The van der Waals surface area contributed by atoms with E-state index in [2.05, 4.69) is 34.2 Å². The summed E-state index contributed by atoms with van der Waals surface area (Å²) in [5.74, 6) is 1.24. The molecule has 108 valence electrons. The molecule has 0 bridgehead atoms. The van der Waals surface area contributed by atoms with Crippen LogP contribution < -0.4 is 10.1 Å². The van der Waals surface area contributed by atoms with Crippen LogP contribution in [0.25, 0.3) is 0 Å². The summed E-state index contributed by atoms with van der Waals surface area (Å²) in [5, 5.41) is 3.42. The molecule has 0 aliphatic carbocycles. The zero-order valence-electron chi connectivity index (χ0n) is 11.8. The number of rotatable bonds is 4. The quantitative estimate of drug-likeness (QED) is 0.917. The van der Waals surface area contributed by atoms with Gasteiger partial charge in [0.2, 0.25) is 0 Å². The van der Waals surface area contributed by atoms with Crippen molar-refractivity contribution in [3.05, 3.63) is 27.7 Å². The van der Waals surface area contributed by atoms with Crippen LogP contribution in [0, 0.1) is 0 Å². The van der Waals surface area contributed by atoms with Crippen molar-refractivity contribution < 1.29 is 9.53 Å². The molecule has 1 N–H and O–H groups in total. The second kappa shape index (κ2) is 5.49. The molecule has 4 heteroatoms. The summed E-state index contributed by atoms with van der Waals surface area (Å²) in [6.07, 6.45) is 4.31. The van der Waals surface area contributed by atoms with Gasteiger partial charge >= 0.3 is 0 Å². The first-order valence-corrected chi connectivity index (χ1v) is 8.16. The van der Waals surface area contributed by atoms with Gasteiger partial charge in [0.25, 0.3) is 0 Å². The Labute approximate surface area is 128 Å². The van der Waals surface area contributed by atoms with Crippen molar-refractivity contribution in [2.75, 3.05) is 13.2 Å². The van der Waals surface area contributed by atoms with E-state index in [1.54, 1.807) is 0 Å². The number of halogens is 1. The monoisotopic (exact) mass is 337 g/mol. The minimum Gasteiger partial charge on any atom is -0.493 e. The van der Waals surface area contributed by atoms with Crippen molar-refractivity contribution in [2.45, 2.75) is 44.6 Å². The average molecular weight is 338 g/mol. The van der Waals surface area contributed by atoms with Crippen LogP contribution >= 0.6 is 15.9 Å². The molecule has 1 fully saturated rings. The Kier molecular flexibility index (Phi) is 3.87. The Morgan fingerprint density at radius 2 is 2.35 bits per heavy atom. The predicted molar refractivity (Wildman–Crippen MR) is 82.3 cm³/mol. The third-order valence-electron chi connectivity index (χ3n) is 4.56. The number of carbonyl (C=O) groups excluding carboxylic acids is 1. The summed E-state index contributed by atoms with van der Waals surface area (Å²) in [6.45, 7) is 3.77. The lowest BCUT2D eigenvalue weighted by Crippen LogP contribution is -2.47. The average Bonchev–Trinajstić information content (AvgIpc) is 3.07. The fraction of sp³-hybridized carbons (Fsp3) is 0.562. The van der Waals surface area contributed by atoms with Gasteiger partial charge in [-0.3, -0.25) is 4.79 Å². The highest BCUT2D eigenvalue weighted by Crippen LogP contribution is 2.35. The van der Waals surface area contributed by atoms with Gasteiger partial charge in [-0.15, -0.1) is 0 Å². The lowest BCUT2D eigenvalue weighted by molar-refractivity contribution is -0.124. The molecule has 0 aromatic heterocycles. The number of ketones is 1. The predicted octanol–water partition coefficient (Wildman–Crippen LogP) is 3.03. The van der Waals surface area contributed by atoms with Crippen LogP contribution in [-0.4, -0.2) is 24.5 Å². The molecule has 0 spiro atoms. The molecule has 1 atom stereocenters. The number of Topliss-reactive ketones (excluding diaryl/α,β-unsaturated/α-hetero) is 1. The molecule has 1 aromatic carbocycles. The van der Waals surface area contributed by atoms with E-state index in [1.807, 2.05) is 6.07 Å². The van der Waals surface area contributed by atoms with Gasteiger partial charge in [0.1, 0.15) is 5.75 Å². The van der Waals surface area contributed by atoms with Crippen LogP contribution in [0.1, 0.15) is 37.3 Å². The van der Waals surface area contributed by atoms with Crippen molar-refractivity contribution in [2.24, 2.45) is 0 Å². The van der Waals surface area contributed by atoms with Gasteiger partial charge in [-0.1, -0.05) is 22.9 Å². The highest BCUT2D eigenvalue weighted by molar-refractivity contribution is 9.10. The SMILES string of the molecule is CCC1(C(=O)Cc2cc(Br)cc3c2OCC3)CCCN1. The van der Waals surface area contributed by atoms with Gasteiger partial charge < -0.3 is 10.1 Å². The first kappa shape index (κ1) is 14.1. The summed E-state index contributed by atoms with van der Waals surface area (Å²) in [6, 6.07) is 4.13. The van der Waals surface area contributed by atoms with Crippen LogP contribution in [0.2, 0.25) is 0 Å². The molecular weight excluding hydrogens is 318 g/mol. The van der Waals surface area contributed by atoms with Crippen LogP contribution in [0.4, 0.5) is 0 Å². The van der Waals surface area contributed by atoms with Crippen molar-refractivity contribution in [3.63, 3.8) is 0 Å². The number of hydrogen-bond acceptors (Lipinski definition) is 3. The Bertz CT molecular complexity index is 536. The fourth-order valence-corrected chi connectivity index (χ4v) is 3.92. The highest BCUT2D eigenvalue weighted by atomic mass is 79.9. The molecule has 0 radical (unpaired) electrons. The maximum Gasteiger partial charge on any atom is 0.157 e. The third kappa shape index (κ3) is 2.40. The standard InChI is InChI=1S/C16H20BrNO2/c1-2-16(5-3-6-18-16)14(19)10-12-9-13(17)8-11-4-7-20-15(11)12/h8-9,18H,2-7,10H2,1H3. The first-order chi connectivity index (χ1) is 9.64. The third-order valence-corrected chi connectivity index (χ3v) is 5.02. The number of carbonyl (C=O) groups is 1. The number of nitrogens with one attached hydrogen (secondary N) is 1. The molecule has 3 rings (SSSR count). The second-order valence-electron chi connectivity index (χ2n) is 5.72. The van der Waals surface area contributed by atoms with Gasteiger partial charge in [0.05, 0.1) is 12.1 Å². The van der Waals surface area contributed by atoms with Crippen molar-refractivity contribution in [1.82, 2.24) is 5.32 Å². The van der Waals surface area contributed by atoms with Gasteiger partial charge in [0, 0.05) is 22.9 Å². The van der Waals surface area contributed by atoms with Gasteiger partial charge in [0.15, 0.2) is 5.78 Å². The van der Waals surface area contributed by atoms with Crippen molar-refractivity contribution >= 4 is 21.7 Å². The van der Waals surface area contributed by atoms with Crippen LogP contribution in [-0.2, 0) is 17.6 Å². The number of ether oxygens (including phenoxy) is 1. The lowest BCUT2D eigenvalue weighted by atomic mass is 9.85. The van der Waals surface area contributed by atoms with E-state index in [0.717, 1.165) is 54.6 Å². The number of hydrogen-bond donors (Lipinski definition) is 1. The molecular formula is C16H20BrNO2. The van der Waals surface area contributed by atoms with E-state index in [0.29, 0.717) is 12.2 Å². The number of fused-ring (bicyclic) bond motifs is 1. The molecule has 0 saturated carbocycles. The van der Waals surface area contributed by atoms with Crippen LogP contribution in [0.15, 0.2) is 16.6 Å². The summed E-state index contributed by atoms with van der Waals surface area (Å²) in [5.41, 5.74) is 1.93. The summed E-state index contributed by atoms with van der Waals surface area (Å²) >= 11 is 3.54. The molecule has 3 nitrogen and oxygen atoms in total. The smallest absolute Gasteiger partial charge is 0.157 e. The fourth-order valence-electron chi connectivity index (χ4n) is 3.36. The Hall–Kier alpha value is -0.870. The molecule has 20 heavy (non-hydrogen) atoms. The minimum atomic E-state index is -0.312. The second-order valence-corrected chi connectivity index (χ2v) is 6.63. The van der Waals surface area contributed by atoms with E-state index < -0.39 is 0 Å². The Balaban J connectivity index is 1.86. The van der Waals surface area contributed by atoms with Crippen molar-refractivity contribution in [1.29, 1.82) is 0 Å². The van der Waals surface area contributed by atoms with E-state index in [1.165, 1.54) is 5.56 Å². The minimum absolute atomic E-state index is 0.299. The normalized spacial score (nSPS) is 24.5. The first-order valence-electron chi connectivity index (χ1n) is 7.37. The molecule has 1 aromatic rings. The summed E-state index contributed by atoms with van der Waals surface area (Å²) in [4.78, 5) is 12.7. The molecule has 2 heterocycles. The zero-order valence-corrected chi connectivity index (χ0v) is 13.4. The maximum atomic E-state index is 12.7. The van der Waals surface area contributed by atoms with E-state index in [4.69, 9.17) is 4.74 Å². The van der Waals surface area contributed by atoms with Crippen molar-refractivity contribution in [3.8, 4) is 5.75 Å². The van der Waals surface area contributed by atoms with E-state index in [9.17, 15) is 4.79 Å². The van der Waals surface area contributed by atoms with E-state index in [-0.39, 0.29) is 5.54 Å². The van der Waals surface area contributed by atoms with Crippen LogP contribution in [0.3, 0.4) is 0 Å². The van der Waals surface area contributed by atoms with Gasteiger partial charge in [-0.25, -0.2) is 0 Å². The summed E-state index contributed by atoms with van der Waals surface area (Å²) < 4.78 is 6.76. The zero-order chi connectivity index (χ0) is 14.2. The van der Waals surface area contributed by atoms with E-state index >= 15 is 0 Å². The molecule has 2 aliphatic heterocycles. The molecule has 2 aliphatic rings. The number of benzene rings is 1. The van der Waals surface area contributed by atoms with Gasteiger partial charge in [-0.2, -0.15) is 0 Å². The topological polar surface area (TPSA) is 38.3 Å². The molecule has 1 saturated heterocycles. The van der Waals surface area contributed by atoms with Crippen LogP contribution in [0.5, 0.6) is 5.75 Å². The maximum absolute atomic E-state index is 12.7. The Morgan fingerprint density at radius 1 is 1.50 bits per heavy atom. The Morgan fingerprint density at radius 3 is 3.05 bits per heavy atom. The largest absolute Gasteiger partial charge is 0.493 e. The van der Waals surface area contributed by atoms with Gasteiger partial charge in [-0.05, 0) is 43.5 Å². The molecule has 0 amide bonds. The molecule has 1 unspecified atom stereocenters.